The Kier molecular flexibility index (Phi) is 4.20. The number of hydrogen-bond donors (Lipinski definition) is 1. The van der Waals surface area contributed by atoms with Gasteiger partial charge in [-0.15, -0.1) is 0 Å². The summed E-state index contributed by atoms with van der Waals surface area (Å²) < 4.78 is 73.2. The lowest BCUT2D eigenvalue weighted by atomic mass is 10.3. The van der Waals surface area contributed by atoms with Crippen molar-refractivity contribution in [1.29, 1.82) is 0 Å². The maximum absolute atomic E-state index is 12.4. The Labute approximate surface area is 103 Å². The van der Waals surface area contributed by atoms with Crippen LogP contribution in [0, 0.1) is 0 Å². The van der Waals surface area contributed by atoms with Gasteiger partial charge in [-0.2, -0.15) is 26.3 Å². The first-order chi connectivity index (χ1) is 8.08. The van der Waals surface area contributed by atoms with Crippen molar-refractivity contribution < 1.29 is 26.3 Å². The number of hydrogen-bond acceptors (Lipinski definition) is 2. The molecular formula is C10H7F6NS. The SMILES string of the molecule is Nc1ccc(S/C(=C\C(F)(F)F)C(F)(F)F)cc1. The van der Waals surface area contributed by atoms with Gasteiger partial charge in [0.2, 0.25) is 0 Å². The van der Waals surface area contributed by atoms with Crippen molar-refractivity contribution in [3.63, 3.8) is 0 Å². The van der Waals surface area contributed by atoms with Crippen molar-refractivity contribution in [2.45, 2.75) is 17.2 Å². The minimum absolute atomic E-state index is 0.00822. The summed E-state index contributed by atoms with van der Waals surface area (Å²) in [5, 5.41) is 0. The van der Waals surface area contributed by atoms with Gasteiger partial charge in [0.1, 0.15) is 0 Å². The first-order valence-electron chi connectivity index (χ1n) is 4.48. The number of nitrogens with two attached hydrogens (primary N) is 1. The summed E-state index contributed by atoms with van der Waals surface area (Å²) in [5.74, 6) is 0. The zero-order valence-corrected chi connectivity index (χ0v) is 9.46. The first kappa shape index (κ1) is 14.7. The highest BCUT2D eigenvalue weighted by Crippen LogP contribution is 2.41. The fourth-order valence-electron chi connectivity index (χ4n) is 0.981. The molecule has 0 aliphatic heterocycles. The molecular weight excluding hydrogens is 280 g/mol. The van der Waals surface area contributed by atoms with Crippen LogP contribution in [0.2, 0.25) is 0 Å². The van der Waals surface area contributed by atoms with Gasteiger partial charge >= 0.3 is 12.4 Å². The third-order valence-corrected chi connectivity index (χ3v) is 2.76. The fraction of sp³-hybridized carbons (Fsp3) is 0.200. The van der Waals surface area contributed by atoms with Crippen LogP contribution >= 0.6 is 11.8 Å². The van der Waals surface area contributed by atoms with Crippen molar-refractivity contribution in [1.82, 2.24) is 0 Å². The van der Waals surface area contributed by atoms with Crippen molar-refractivity contribution in [2.75, 3.05) is 5.73 Å². The number of rotatable bonds is 2. The van der Waals surface area contributed by atoms with Gasteiger partial charge in [0.15, 0.2) is 0 Å². The second-order valence-corrected chi connectivity index (χ2v) is 4.33. The maximum Gasteiger partial charge on any atom is 0.422 e. The Bertz CT molecular complexity index is 431. The molecule has 1 nitrogen and oxygen atoms in total. The molecule has 0 unspecified atom stereocenters. The molecule has 0 bridgehead atoms. The summed E-state index contributed by atoms with van der Waals surface area (Å²) in [6, 6.07) is 5.06. The number of benzene rings is 1. The minimum Gasteiger partial charge on any atom is -0.399 e. The Morgan fingerprint density at radius 1 is 1.00 bits per heavy atom. The molecule has 18 heavy (non-hydrogen) atoms. The van der Waals surface area contributed by atoms with Crippen LogP contribution in [0.1, 0.15) is 0 Å². The molecule has 0 saturated heterocycles. The van der Waals surface area contributed by atoms with Gasteiger partial charge in [-0.1, -0.05) is 11.8 Å². The molecule has 0 spiro atoms. The van der Waals surface area contributed by atoms with Crippen LogP contribution in [-0.4, -0.2) is 12.4 Å². The van der Waals surface area contributed by atoms with E-state index < -0.39 is 23.3 Å². The van der Waals surface area contributed by atoms with Crippen LogP contribution < -0.4 is 5.73 Å². The summed E-state index contributed by atoms with van der Waals surface area (Å²) in [7, 11) is 0. The lowest BCUT2D eigenvalue weighted by Crippen LogP contribution is -2.14. The molecule has 0 aliphatic rings. The van der Waals surface area contributed by atoms with E-state index >= 15 is 0 Å². The Morgan fingerprint density at radius 2 is 1.50 bits per heavy atom. The smallest absolute Gasteiger partial charge is 0.399 e. The summed E-state index contributed by atoms with van der Waals surface area (Å²) in [6.07, 6.45) is -10.8. The van der Waals surface area contributed by atoms with E-state index in [2.05, 4.69) is 0 Å². The highest BCUT2D eigenvalue weighted by Gasteiger charge is 2.39. The molecule has 0 amide bonds. The van der Waals surface area contributed by atoms with Gasteiger partial charge in [0.25, 0.3) is 0 Å². The third-order valence-electron chi connectivity index (χ3n) is 1.68. The zero-order valence-electron chi connectivity index (χ0n) is 8.64. The molecule has 100 valence electrons. The average molecular weight is 287 g/mol. The molecule has 0 atom stereocenters. The molecule has 0 heterocycles. The molecule has 1 aromatic carbocycles. The number of thioether (sulfide) groups is 1. The molecule has 0 radical (unpaired) electrons. The average Bonchev–Trinajstić information content (AvgIpc) is 2.17. The van der Waals surface area contributed by atoms with Gasteiger partial charge < -0.3 is 5.73 Å². The number of halogens is 6. The van der Waals surface area contributed by atoms with Crippen molar-refractivity contribution in [3.8, 4) is 0 Å². The lowest BCUT2D eigenvalue weighted by Gasteiger charge is -2.12. The molecule has 0 fully saturated rings. The predicted octanol–water partition coefficient (Wildman–Crippen LogP) is 4.37. The number of anilines is 1. The van der Waals surface area contributed by atoms with Crippen LogP contribution in [0.4, 0.5) is 32.0 Å². The van der Waals surface area contributed by atoms with Crippen molar-refractivity contribution in [2.24, 2.45) is 0 Å². The molecule has 1 rings (SSSR count). The minimum atomic E-state index is -5.05. The predicted molar refractivity (Wildman–Crippen MR) is 56.9 cm³/mol. The summed E-state index contributed by atoms with van der Waals surface area (Å²) in [6.45, 7) is 0. The van der Waals surface area contributed by atoms with E-state index in [1.807, 2.05) is 0 Å². The number of allylic oxidation sites excluding steroid dienone is 2. The Balaban J connectivity index is 3.00. The largest absolute Gasteiger partial charge is 0.422 e. The number of nitrogen functional groups attached to an aromatic ring is 1. The normalized spacial score (nSPS) is 13.8. The van der Waals surface area contributed by atoms with Crippen LogP contribution in [0.5, 0.6) is 0 Å². The highest BCUT2D eigenvalue weighted by atomic mass is 32.2. The molecule has 0 saturated carbocycles. The number of alkyl halides is 6. The first-order valence-corrected chi connectivity index (χ1v) is 5.30. The molecule has 8 heteroatoms. The summed E-state index contributed by atoms with van der Waals surface area (Å²) >= 11 is -0.00822. The van der Waals surface area contributed by atoms with Gasteiger partial charge in [-0.05, 0) is 24.3 Å². The Morgan fingerprint density at radius 3 is 1.89 bits per heavy atom. The zero-order chi connectivity index (χ0) is 14.0. The summed E-state index contributed by atoms with van der Waals surface area (Å²) in [5.41, 5.74) is 5.63. The van der Waals surface area contributed by atoms with Gasteiger partial charge in [-0.3, -0.25) is 0 Å². The maximum atomic E-state index is 12.4. The van der Waals surface area contributed by atoms with Crippen LogP contribution in [0.3, 0.4) is 0 Å². The van der Waals surface area contributed by atoms with E-state index in [4.69, 9.17) is 5.73 Å². The van der Waals surface area contributed by atoms with E-state index in [0.29, 0.717) is 5.69 Å². The van der Waals surface area contributed by atoms with Gasteiger partial charge in [0, 0.05) is 16.7 Å². The topological polar surface area (TPSA) is 26.0 Å². The fourth-order valence-corrected chi connectivity index (χ4v) is 1.82. The molecule has 0 aromatic heterocycles. The monoisotopic (exact) mass is 287 g/mol. The van der Waals surface area contributed by atoms with Crippen molar-refractivity contribution >= 4 is 17.4 Å². The van der Waals surface area contributed by atoms with E-state index in [0.717, 1.165) is 0 Å². The summed E-state index contributed by atoms with van der Waals surface area (Å²) in [4.78, 5) is -1.70. The Hall–Kier alpha value is -1.31. The quantitative estimate of drug-likeness (QED) is 0.496. The third kappa shape index (κ3) is 4.91. The van der Waals surface area contributed by atoms with E-state index in [-0.39, 0.29) is 16.7 Å². The van der Waals surface area contributed by atoms with E-state index in [9.17, 15) is 26.3 Å². The highest BCUT2D eigenvalue weighted by molar-refractivity contribution is 8.03. The second-order valence-electron chi connectivity index (χ2n) is 3.22. The molecule has 0 aliphatic carbocycles. The van der Waals surface area contributed by atoms with E-state index in [1.165, 1.54) is 24.3 Å². The van der Waals surface area contributed by atoms with Gasteiger partial charge in [0.05, 0.1) is 4.91 Å². The van der Waals surface area contributed by atoms with Crippen LogP contribution in [0.15, 0.2) is 40.1 Å². The standard InChI is InChI=1S/C10H7F6NS/c11-9(12,13)5-8(10(14,15)16)18-7-3-1-6(17)2-4-7/h1-5H,17H2/b8-5-. The second kappa shape index (κ2) is 5.13. The van der Waals surface area contributed by atoms with Crippen LogP contribution in [0.25, 0.3) is 0 Å². The van der Waals surface area contributed by atoms with Crippen molar-refractivity contribution in [3.05, 3.63) is 35.2 Å². The van der Waals surface area contributed by atoms with E-state index in [1.54, 1.807) is 0 Å². The molecule has 1 aromatic rings. The molecule has 2 N–H and O–H groups in total. The van der Waals surface area contributed by atoms with Gasteiger partial charge in [-0.25, -0.2) is 0 Å². The van der Waals surface area contributed by atoms with Crippen LogP contribution in [-0.2, 0) is 0 Å². The lowest BCUT2D eigenvalue weighted by molar-refractivity contribution is -0.101.